The third-order valence-electron chi connectivity index (χ3n) is 4.15. The van der Waals surface area contributed by atoms with Gasteiger partial charge in [0.2, 0.25) is 0 Å². The number of hydrogen-bond acceptors (Lipinski definition) is 8. The van der Waals surface area contributed by atoms with Crippen LogP contribution in [0.2, 0.25) is 0 Å². The Bertz CT molecular complexity index is 691. The van der Waals surface area contributed by atoms with Gasteiger partial charge in [0.05, 0.1) is 16.3 Å². The highest BCUT2D eigenvalue weighted by atomic mass is 32.1. The van der Waals surface area contributed by atoms with Gasteiger partial charge in [-0.2, -0.15) is 0 Å². The molecule has 2 aromatic heterocycles. The number of likely N-dealkylation sites (N-methyl/N-ethyl adjacent to an activating group) is 1. The van der Waals surface area contributed by atoms with E-state index >= 15 is 0 Å². The summed E-state index contributed by atoms with van der Waals surface area (Å²) in [5.41, 5.74) is 1.85. The second-order valence-electron chi connectivity index (χ2n) is 5.93. The van der Waals surface area contributed by atoms with Gasteiger partial charge in [-0.3, -0.25) is 0 Å². The van der Waals surface area contributed by atoms with Crippen LogP contribution in [0.5, 0.6) is 0 Å². The van der Waals surface area contributed by atoms with Gasteiger partial charge in [0.15, 0.2) is 0 Å². The van der Waals surface area contributed by atoms with Crippen molar-refractivity contribution in [3.8, 4) is 0 Å². The normalized spacial score (nSPS) is 15.5. The molecule has 0 amide bonds. The summed E-state index contributed by atoms with van der Waals surface area (Å²) >= 11 is 1.67. The highest BCUT2D eigenvalue weighted by molar-refractivity contribution is 7.09. The average Bonchev–Trinajstić information content (AvgIpc) is 3.00. The summed E-state index contributed by atoms with van der Waals surface area (Å²) in [5, 5.41) is 14.3. The molecule has 0 unspecified atom stereocenters. The van der Waals surface area contributed by atoms with Crippen LogP contribution in [0.4, 0.5) is 11.6 Å². The highest BCUT2D eigenvalue weighted by Gasteiger charge is 2.19. The lowest BCUT2D eigenvalue weighted by atomic mass is 10.2. The first kappa shape index (κ1) is 16.8. The second kappa shape index (κ2) is 7.67. The molecule has 0 bridgehead atoms. The number of aromatic nitrogens is 3. The summed E-state index contributed by atoms with van der Waals surface area (Å²) in [7, 11) is 2.13. The number of piperazine rings is 1. The summed E-state index contributed by atoms with van der Waals surface area (Å²) in [6, 6.07) is 0. The Balaban J connectivity index is 1.69. The third kappa shape index (κ3) is 3.88. The molecule has 1 fully saturated rings. The summed E-state index contributed by atoms with van der Waals surface area (Å²) in [4.78, 5) is 17.8. The van der Waals surface area contributed by atoms with Crippen molar-refractivity contribution in [1.29, 1.82) is 5.41 Å². The smallest absolute Gasteiger partial charge is 0.143 e. The van der Waals surface area contributed by atoms with E-state index in [0.717, 1.165) is 67.0 Å². The molecule has 3 rings (SSSR count). The SMILES string of the molecule is Cc1nc(CCNc2ncnc(N3CCN(C)CC3)c2C=N)cs1. The van der Waals surface area contributed by atoms with Gasteiger partial charge in [0.25, 0.3) is 0 Å². The maximum Gasteiger partial charge on any atom is 0.143 e. The van der Waals surface area contributed by atoms with Gasteiger partial charge in [-0.25, -0.2) is 15.0 Å². The van der Waals surface area contributed by atoms with Crippen molar-refractivity contribution < 1.29 is 0 Å². The summed E-state index contributed by atoms with van der Waals surface area (Å²) in [6.45, 7) is 6.61. The number of rotatable bonds is 6. The van der Waals surface area contributed by atoms with Crippen molar-refractivity contribution >= 4 is 29.2 Å². The van der Waals surface area contributed by atoms with Gasteiger partial charge in [-0.15, -0.1) is 11.3 Å². The number of anilines is 2. The van der Waals surface area contributed by atoms with Crippen molar-refractivity contribution in [2.75, 3.05) is 50.0 Å². The number of nitrogens with zero attached hydrogens (tertiary/aromatic N) is 5. The Morgan fingerprint density at radius 1 is 1.29 bits per heavy atom. The maximum absolute atomic E-state index is 7.79. The van der Waals surface area contributed by atoms with Crippen LogP contribution in [-0.2, 0) is 6.42 Å². The van der Waals surface area contributed by atoms with E-state index in [-0.39, 0.29) is 0 Å². The number of aryl methyl sites for hydroxylation is 1. The minimum atomic E-state index is 0.723. The van der Waals surface area contributed by atoms with E-state index in [1.807, 2.05) is 6.92 Å². The molecule has 1 saturated heterocycles. The lowest BCUT2D eigenvalue weighted by Crippen LogP contribution is -2.45. The first-order chi connectivity index (χ1) is 11.7. The van der Waals surface area contributed by atoms with Gasteiger partial charge in [0.1, 0.15) is 18.0 Å². The van der Waals surface area contributed by atoms with E-state index in [9.17, 15) is 0 Å². The average molecular weight is 345 g/mol. The zero-order chi connectivity index (χ0) is 16.9. The Kier molecular flexibility index (Phi) is 5.37. The summed E-state index contributed by atoms with van der Waals surface area (Å²) < 4.78 is 0. The Morgan fingerprint density at radius 2 is 2.08 bits per heavy atom. The fourth-order valence-corrected chi connectivity index (χ4v) is 3.41. The molecule has 0 atom stereocenters. The standard InChI is InChI=1S/C16H23N7S/c1-12-21-13(10-24-12)3-4-18-15-14(9-17)16(20-11-19-15)23-7-5-22(2)6-8-23/h9-11,17H,3-8H2,1-2H3,(H,18,19,20). The molecule has 0 aliphatic carbocycles. The molecule has 0 radical (unpaired) electrons. The zero-order valence-corrected chi connectivity index (χ0v) is 14.9. The van der Waals surface area contributed by atoms with Gasteiger partial charge < -0.3 is 20.5 Å². The molecule has 7 nitrogen and oxygen atoms in total. The topological polar surface area (TPSA) is 81.0 Å². The van der Waals surface area contributed by atoms with Crippen LogP contribution in [-0.4, -0.2) is 65.8 Å². The Hall–Kier alpha value is -2.06. The minimum Gasteiger partial charge on any atom is -0.369 e. The van der Waals surface area contributed by atoms with Crippen LogP contribution in [0.1, 0.15) is 16.3 Å². The van der Waals surface area contributed by atoms with Gasteiger partial charge in [-0.1, -0.05) is 0 Å². The molecule has 8 heteroatoms. The zero-order valence-electron chi connectivity index (χ0n) is 14.1. The minimum absolute atomic E-state index is 0.723. The molecule has 2 N–H and O–H groups in total. The van der Waals surface area contributed by atoms with Crippen LogP contribution in [0.15, 0.2) is 11.7 Å². The maximum atomic E-state index is 7.79. The van der Waals surface area contributed by atoms with Crippen molar-refractivity contribution in [2.45, 2.75) is 13.3 Å². The molecule has 128 valence electrons. The van der Waals surface area contributed by atoms with Crippen LogP contribution >= 0.6 is 11.3 Å². The first-order valence-electron chi connectivity index (χ1n) is 8.11. The van der Waals surface area contributed by atoms with E-state index < -0.39 is 0 Å². The van der Waals surface area contributed by atoms with E-state index in [0.29, 0.717) is 0 Å². The molecule has 2 aromatic rings. The van der Waals surface area contributed by atoms with Gasteiger partial charge in [-0.05, 0) is 14.0 Å². The molecule has 0 spiro atoms. The molecule has 1 aliphatic rings. The molecule has 3 heterocycles. The predicted molar refractivity (Wildman–Crippen MR) is 98.7 cm³/mol. The molecular formula is C16H23N7S. The molecule has 24 heavy (non-hydrogen) atoms. The lowest BCUT2D eigenvalue weighted by Gasteiger charge is -2.34. The largest absolute Gasteiger partial charge is 0.369 e. The van der Waals surface area contributed by atoms with Crippen molar-refractivity contribution in [2.24, 2.45) is 0 Å². The number of hydrogen-bond donors (Lipinski definition) is 2. The van der Waals surface area contributed by atoms with E-state index in [4.69, 9.17) is 5.41 Å². The van der Waals surface area contributed by atoms with Crippen LogP contribution in [0.25, 0.3) is 0 Å². The third-order valence-corrected chi connectivity index (χ3v) is 4.97. The van der Waals surface area contributed by atoms with Crippen LogP contribution in [0.3, 0.4) is 0 Å². The number of thiazole rings is 1. The molecule has 1 aliphatic heterocycles. The van der Waals surface area contributed by atoms with E-state index in [1.54, 1.807) is 17.7 Å². The van der Waals surface area contributed by atoms with Crippen molar-refractivity contribution in [1.82, 2.24) is 19.9 Å². The highest BCUT2D eigenvalue weighted by Crippen LogP contribution is 2.22. The van der Waals surface area contributed by atoms with E-state index in [2.05, 4.69) is 42.5 Å². The summed E-state index contributed by atoms with van der Waals surface area (Å²) in [5.74, 6) is 1.57. The molecule has 0 saturated carbocycles. The van der Waals surface area contributed by atoms with Crippen molar-refractivity contribution in [3.63, 3.8) is 0 Å². The Labute approximate surface area is 146 Å². The van der Waals surface area contributed by atoms with Crippen LogP contribution in [0, 0.1) is 12.3 Å². The monoisotopic (exact) mass is 345 g/mol. The Morgan fingerprint density at radius 3 is 2.75 bits per heavy atom. The van der Waals surface area contributed by atoms with Gasteiger partial charge in [0, 0.05) is 50.7 Å². The quantitative estimate of drug-likeness (QED) is 0.775. The second-order valence-corrected chi connectivity index (χ2v) is 6.99. The van der Waals surface area contributed by atoms with Gasteiger partial charge >= 0.3 is 0 Å². The number of nitrogens with one attached hydrogen (secondary N) is 2. The van der Waals surface area contributed by atoms with Crippen molar-refractivity contribution in [3.05, 3.63) is 28.0 Å². The first-order valence-corrected chi connectivity index (χ1v) is 8.99. The molecular weight excluding hydrogens is 322 g/mol. The fraction of sp³-hybridized carbons (Fsp3) is 0.500. The fourth-order valence-electron chi connectivity index (χ4n) is 2.76. The molecule has 0 aromatic carbocycles. The van der Waals surface area contributed by atoms with E-state index in [1.165, 1.54) is 6.21 Å². The predicted octanol–water partition coefficient (Wildman–Crippen LogP) is 1.65. The summed E-state index contributed by atoms with van der Waals surface area (Å²) in [6.07, 6.45) is 3.77. The van der Waals surface area contributed by atoms with Crippen LogP contribution < -0.4 is 10.2 Å². The lowest BCUT2D eigenvalue weighted by molar-refractivity contribution is 0.312.